The van der Waals surface area contributed by atoms with Crippen molar-refractivity contribution in [1.82, 2.24) is 9.78 Å². The molecule has 1 aromatic heterocycles. The van der Waals surface area contributed by atoms with Gasteiger partial charge in [0, 0.05) is 12.7 Å². The number of aryl methyl sites for hydroxylation is 1. The molecule has 0 bridgehead atoms. The second-order valence-electron chi connectivity index (χ2n) is 5.45. The van der Waals surface area contributed by atoms with E-state index in [0.29, 0.717) is 5.56 Å². The second kappa shape index (κ2) is 5.57. The van der Waals surface area contributed by atoms with Crippen LogP contribution in [0.3, 0.4) is 0 Å². The minimum absolute atomic E-state index is 0.00791. The molecule has 0 N–H and O–H groups in total. The van der Waals surface area contributed by atoms with Crippen LogP contribution in [0.25, 0.3) is 0 Å². The maximum atomic E-state index is 13.0. The minimum Gasteiger partial charge on any atom is -0.293 e. The van der Waals surface area contributed by atoms with Crippen LogP contribution in [0.2, 0.25) is 0 Å². The van der Waals surface area contributed by atoms with Gasteiger partial charge in [-0.25, -0.2) is 4.39 Å². The lowest BCUT2D eigenvalue weighted by Gasteiger charge is -2.23. The Bertz CT molecular complexity index is 599. The molecule has 4 heteroatoms. The molecule has 0 atom stereocenters. The molecule has 0 aliphatic carbocycles. The predicted molar refractivity (Wildman–Crippen MR) is 76.3 cm³/mol. The summed E-state index contributed by atoms with van der Waals surface area (Å²) in [4.78, 5) is 12.6. The molecule has 106 valence electrons. The van der Waals surface area contributed by atoms with Crippen molar-refractivity contribution in [1.29, 1.82) is 0 Å². The highest BCUT2D eigenvalue weighted by Crippen LogP contribution is 2.27. The molecule has 1 heterocycles. The Morgan fingerprint density at radius 1 is 1.30 bits per heavy atom. The lowest BCUT2D eigenvalue weighted by Crippen LogP contribution is -2.28. The Morgan fingerprint density at radius 3 is 2.55 bits per heavy atom. The average molecular weight is 274 g/mol. The van der Waals surface area contributed by atoms with E-state index < -0.39 is 5.41 Å². The number of aromatic nitrogens is 2. The van der Waals surface area contributed by atoms with Crippen molar-refractivity contribution in [3.63, 3.8) is 0 Å². The Morgan fingerprint density at radius 2 is 1.95 bits per heavy atom. The molecule has 3 nitrogen and oxygen atoms in total. The molecule has 0 fully saturated rings. The molecular weight excluding hydrogens is 255 g/mol. The Labute approximate surface area is 118 Å². The predicted octanol–water partition coefficient (Wildman–Crippen LogP) is 3.59. The first kappa shape index (κ1) is 14.4. The summed E-state index contributed by atoms with van der Waals surface area (Å²) in [6.45, 7) is 6.55. The zero-order chi connectivity index (χ0) is 14.8. The van der Waals surface area contributed by atoms with Gasteiger partial charge in [-0.05, 0) is 38.0 Å². The van der Waals surface area contributed by atoms with E-state index in [9.17, 15) is 9.18 Å². The van der Waals surface area contributed by atoms with Crippen LogP contribution in [-0.4, -0.2) is 15.6 Å². The number of halogens is 1. The number of rotatable bonds is 5. The van der Waals surface area contributed by atoms with Gasteiger partial charge in [-0.1, -0.05) is 19.1 Å². The second-order valence-corrected chi connectivity index (χ2v) is 5.45. The number of ketones is 1. The molecule has 20 heavy (non-hydrogen) atoms. The zero-order valence-electron chi connectivity index (χ0n) is 12.1. The van der Waals surface area contributed by atoms with Crippen LogP contribution in [0.4, 0.5) is 4.39 Å². The molecule has 0 radical (unpaired) electrons. The fourth-order valence-corrected chi connectivity index (χ4v) is 2.19. The molecule has 0 aliphatic rings. The Kier molecular flexibility index (Phi) is 4.02. The van der Waals surface area contributed by atoms with Crippen molar-refractivity contribution in [3.05, 3.63) is 53.6 Å². The van der Waals surface area contributed by atoms with Crippen LogP contribution in [0.15, 0.2) is 36.7 Å². The normalized spacial score (nSPS) is 11.6. The molecule has 2 aromatic rings. The summed E-state index contributed by atoms with van der Waals surface area (Å²) in [5.41, 5.74) is 0.688. The number of hydrogen-bond acceptors (Lipinski definition) is 2. The summed E-state index contributed by atoms with van der Waals surface area (Å²) in [6, 6.07) is 6.07. The average Bonchev–Trinajstić information content (AvgIpc) is 2.87. The van der Waals surface area contributed by atoms with Gasteiger partial charge in [0.05, 0.1) is 17.2 Å². The summed E-state index contributed by atoms with van der Waals surface area (Å²) in [5.74, 6) is -0.306. The van der Waals surface area contributed by atoms with Crippen LogP contribution in [-0.2, 0) is 12.0 Å². The quantitative estimate of drug-likeness (QED) is 0.781. The van der Waals surface area contributed by atoms with Crippen LogP contribution in [0, 0.1) is 5.82 Å². The summed E-state index contributed by atoms with van der Waals surface area (Å²) < 4.78 is 14.8. The van der Waals surface area contributed by atoms with Gasteiger partial charge in [-0.15, -0.1) is 0 Å². The van der Waals surface area contributed by atoms with E-state index in [1.807, 2.05) is 13.8 Å². The molecule has 0 saturated heterocycles. The number of Topliss-reactive ketones (excluding diaryl/α,β-unsaturated/α-hetero) is 1. The number of hydrogen-bond donors (Lipinski definition) is 0. The number of nitrogens with zero attached hydrogens (tertiary/aromatic N) is 2. The largest absolute Gasteiger partial charge is 0.293 e. The van der Waals surface area contributed by atoms with Crippen molar-refractivity contribution in [3.8, 4) is 0 Å². The lowest BCUT2D eigenvalue weighted by molar-refractivity contribution is 0.0908. The smallest absolute Gasteiger partial charge is 0.175 e. The molecule has 0 amide bonds. The topological polar surface area (TPSA) is 34.9 Å². The third-order valence-electron chi connectivity index (χ3n) is 3.48. The number of carbonyl (C=O) groups is 1. The Hall–Kier alpha value is -1.97. The van der Waals surface area contributed by atoms with Crippen molar-refractivity contribution < 1.29 is 9.18 Å². The maximum absolute atomic E-state index is 13.0. The van der Waals surface area contributed by atoms with Crippen LogP contribution >= 0.6 is 0 Å². The summed E-state index contributed by atoms with van der Waals surface area (Å²) >= 11 is 0. The number of benzene rings is 1. The standard InChI is InChI=1S/C16H19FN2O/c1-4-9-19-11-12(10-18-19)15(20)16(2,3)13-5-7-14(17)8-6-13/h5-8,10-11H,4,9H2,1-3H3. The van der Waals surface area contributed by atoms with E-state index in [1.54, 1.807) is 29.2 Å². The van der Waals surface area contributed by atoms with E-state index in [4.69, 9.17) is 0 Å². The first-order valence-electron chi connectivity index (χ1n) is 6.78. The van der Waals surface area contributed by atoms with Crippen molar-refractivity contribution in [2.45, 2.75) is 39.2 Å². The van der Waals surface area contributed by atoms with Crippen LogP contribution < -0.4 is 0 Å². The van der Waals surface area contributed by atoms with Gasteiger partial charge in [0.2, 0.25) is 0 Å². The molecule has 0 aliphatic heterocycles. The summed E-state index contributed by atoms with van der Waals surface area (Å²) in [6.07, 6.45) is 4.34. The maximum Gasteiger partial charge on any atom is 0.175 e. The van der Waals surface area contributed by atoms with Crippen molar-refractivity contribution >= 4 is 5.78 Å². The van der Waals surface area contributed by atoms with Gasteiger partial charge in [-0.3, -0.25) is 9.48 Å². The fourth-order valence-electron chi connectivity index (χ4n) is 2.19. The van der Waals surface area contributed by atoms with E-state index in [2.05, 4.69) is 12.0 Å². The molecular formula is C16H19FN2O. The fraction of sp³-hybridized carbons (Fsp3) is 0.375. The lowest BCUT2D eigenvalue weighted by atomic mass is 9.78. The van der Waals surface area contributed by atoms with Gasteiger partial charge in [0.15, 0.2) is 5.78 Å². The molecule has 2 rings (SSSR count). The highest BCUT2D eigenvalue weighted by molar-refractivity contribution is 6.03. The SMILES string of the molecule is CCCn1cc(C(=O)C(C)(C)c2ccc(F)cc2)cn1. The van der Waals surface area contributed by atoms with E-state index >= 15 is 0 Å². The van der Waals surface area contributed by atoms with Gasteiger partial charge in [-0.2, -0.15) is 5.10 Å². The van der Waals surface area contributed by atoms with Crippen LogP contribution in [0.1, 0.15) is 43.1 Å². The van der Waals surface area contributed by atoms with Gasteiger partial charge < -0.3 is 0 Å². The van der Waals surface area contributed by atoms with E-state index in [0.717, 1.165) is 18.5 Å². The summed E-state index contributed by atoms with van der Waals surface area (Å²) in [7, 11) is 0. The third-order valence-corrected chi connectivity index (χ3v) is 3.48. The van der Waals surface area contributed by atoms with E-state index in [-0.39, 0.29) is 11.6 Å². The minimum atomic E-state index is -0.701. The zero-order valence-corrected chi connectivity index (χ0v) is 12.1. The highest BCUT2D eigenvalue weighted by atomic mass is 19.1. The van der Waals surface area contributed by atoms with E-state index in [1.165, 1.54) is 12.1 Å². The van der Waals surface area contributed by atoms with Gasteiger partial charge in [0.25, 0.3) is 0 Å². The summed E-state index contributed by atoms with van der Waals surface area (Å²) in [5, 5.41) is 4.18. The third kappa shape index (κ3) is 2.79. The first-order chi connectivity index (χ1) is 9.45. The molecule has 0 unspecified atom stereocenters. The van der Waals surface area contributed by atoms with Crippen molar-refractivity contribution in [2.24, 2.45) is 0 Å². The Balaban J connectivity index is 2.27. The molecule has 0 spiro atoms. The van der Waals surface area contributed by atoms with Crippen LogP contribution in [0.5, 0.6) is 0 Å². The monoisotopic (exact) mass is 274 g/mol. The number of carbonyl (C=O) groups excluding carboxylic acids is 1. The van der Waals surface area contributed by atoms with Gasteiger partial charge >= 0.3 is 0 Å². The van der Waals surface area contributed by atoms with Crippen molar-refractivity contribution in [2.75, 3.05) is 0 Å². The highest BCUT2D eigenvalue weighted by Gasteiger charge is 2.31. The molecule has 1 aromatic carbocycles. The van der Waals surface area contributed by atoms with Gasteiger partial charge in [0.1, 0.15) is 5.82 Å². The first-order valence-corrected chi connectivity index (χ1v) is 6.78. The molecule has 0 saturated carbocycles.